The number of hydrogen-bond acceptors (Lipinski definition) is 0. The van der Waals surface area contributed by atoms with Crippen molar-refractivity contribution in [1.29, 1.82) is 0 Å². The van der Waals surface area contributed by atoms with Crippen molar-refractivity contribution in [3.8, 4) is 0 Å². The minimum atomic E-state index is -0.811. The van der Waals surface area contributed by atoms with Gasteiger partial charge in [-0.25, -0.2) is 8.78 Å². The Morgan fingerprint density at radius 2 is 2.00 bits per heavy atom. The molecule has 0 nitrogen and oxygen atoms in total. The monoisotopic (exact) mass is 153 g/mol. The van der Waals surface area contributed by atoms with Gasteiger partial charge in [0.15, 0.2) is 11.6 Å². The smallest absolute Gasteiger partial charge is 0.159 e. The Hall–Kier alpha value is -0.920. The molecule has 0 aliphatic heterocycles. The van der Waals surface area contributed by atoms with Crippen LogP contribution in [0, 0.1) is 17.7 Å². The summed E-state index contributed by atoms with van der Waals surface area (Å²) in [5, 5.41) is 0. The molecule has 0 atom stereocenters. The van der Waals surface area contributed by atoms with Crippen molar-refractivity contribution in [2.75, 3.05) is 0 Å². The fraction of sp³-hybridized carbons (Fsp3) is 0.333. The normalized spacial score (nSPS) is 16.9. The van der Waals surface area contributed by atoms with Gasteiger partial charge in [-0.15, -0.1) is 0 Å². The SMILES string of the molecule is Fc1c[c]c(C2CC2)cc1F. The van der Waals surface area contributed by atoms with Crippen LogP contribution in [0.3, 0.4) is 0 Å². The molecule has 0 N–H and O–H groups in total. The van der Waals surface area contributed by atoms with Crippen molar-refractivity contribution in [2.24, 2.45) is 0 Å². The first kappa shape index (κ1) is 6.77. The standard InChI is InChI=1S/C9H7F2/c10-8-4-3-7(5-9(8)11)6-1-2-6/h4-6H,1-2H2. The van der Waals surface area contributed by atoms with E-state index in [4.69, 9.17) is 0 Å². The van der Waals surface area contributed by atoms with Crippen LogP contribution in [0.15, 0.2) is 12.1 Å². The lowest BCUT2D eigenvalue weighted by atomic mass is 10.1. The molecular weight excluding hydrogens is 146 g/mol. The summed E-state index contributed by atoms with van der Waals surface area (Å²) in [5.74, 6) is -1.13. The third-order valence-electron chi connectivity index (χ3n) is 1.89. The van der Waals surface area contributed by atoms with E-state index >= 15 is 0 Å². The summed E-state index contributed by atoms with van der Waals surface area (Å²) in [4.78, 5) is 0. The van der Waals surface area contributed by atoms with Gasteiger partial charge in [0.25, 0.3) is 0 Å². The molecule has 0 unspecified atom stereocenters. The molecule has 1 aromatic carbocycles. The van der Waals surface area contributed by atoms with E-state index in [9.17, 15) is 8.78 Å². The minimum Gasteiger partial charge on any atom is -0.204 e. The molecule has 1 saturated carbocycles. The summed E-state index contributed by atoms with van der Waals surface area (Å²) in [7, 11) is 0. The Labute approximate surface area is 63.9 Å². The average Bonchev–Trinajstić information content (AvgIpc) is 2.77. The Kier molecular flexibility index (Phi) is 1.41. The summed E-state index contributed by atoms with van der Waals surface area (Å²) >= 11 is 0. The van der Waals surface area contributed by atoms with Crippen molar-refractivity contribution in [3.05, 3.63) is 35.4 Å². The summed E-state index contributed by atoms with van der Waals surface area (Å²) in [5.41, 5.74) is 0.809. The predicted molar refractivity (Wildman–Crippen MR) is 37.2 cm³/mol. The topological polar surface area (TPSA) is 0 Å². The van der Waals surface area contributed by atoms with Gasteiger partial charge < -0.3 is 0 Å². The molecule has 0 amide bonds. The highest BCUT2D eigenvalue weighted by molar-refractivity contribution is 5.23. The van der Waals surface area contributed by atoms with Crippen molar-refractivity contribution in [1.82, 2.24) is 0 Å². The van der Waals surface area contributed by atoms with E-state index in [1.807, 2.05) is 0 Å². The van der Waals surface area contributed by atoms with Crippen molar-refractivity contribution < 1.29 is 8.78 Å². The lowest BCUT2D eigenvalue weighted by Gasteiger charge is -1.96. The Balaban J connectivity index is 2.36. The Morgan fingerprint density at radius 3 is 2.55 bits per heavy atom. The van der Waals surface area contributed by atoms with E-state index in [2.05, 4.69) is 6.07 Å². The van der Waals surface area contributed by atoms with Crippen LogP contribution in [-0.4, -0.2) is 0 Å². The van der Waals surface area contributed by atoms with E-state index < -0.39 is 11.6 Å². The molecule has 2 heteroatoms. The summed E-state index contributed by atoms with van der Waals surface area (Å²) in [6, 6.07) is 5.04. The van der Waals surface area contributed by atoms with Gasteiger partial charge in [-0.2, -0.15) is 0 Å². The Morgan fingerprint density at radius 1 is 1.27 bits per heavy atom. The quantitative estimate of drug-likeness (QED) is 0.581. The van der Waals surface area contributed by atoms with Crippen molar-refractivity contribution in [2.45, 2.75) is 18.8 Å². The fourth-order valence-electron chi connectivity index (χ4n) is 1.09. The van der Waals surface area contributed by atoms with Gasteiger partial charge in [0.1, 0.15) is 0 Å². The largest absolute Gasteiger partial charge is 0.204 e. The van der Waals surface area contributed by atoms with Gasteiger partial charge in [0, 0.05) is 0 Å². The van der Waals surface area contributed by atoms with E-state index in [-0.39, 0.29) is 0 Å². The molecule has 0 spiro atoms. The van der Waals surface area contributed by atoms with Gasteiger partial charge in [0.2, 0.25) is 0 Å². The van der Waals surface area contributed by atoms with Crippen LogP contribution in [0.1, 0.15) is 24.3 Å². The first-order valence-electron chi connectivity index (χ1n) is 3.64. The molecule has 1 radical (unpaired) electrons. The molecular formula is C9H7F2. The zero-order chi connectivity index (χ0) is 7.84. The highest BCUT2D eigenvalue weighted by Gasteiger charge is 2.24. The van der Waals surface area contributed by atoms with Crippen LogP contribution < -0.4 is 0 Å². The molecule has 2 rings (SSSR count). The maximum Gasteiger partial charge on any atom is 0.159 e. The van der Waals surface area contributed by atoms with Crippen LogP contribution in [-0.2, 0) is 0 Å². The first-order valence-corrected chi connectivity index (χ1v) is 3.64. The van der Waals surface area contributed by atoms with E-state index in [0.717, 1.165) is 24.5 Å². The van der Waals surface area contributed by atoms with Gasteiger partial charge in [-0.3, -0.25) is 0 Å². The van der Waals surface area contributed by atoms with Gasteiger partial charge in [-0.1, -0.05) is 0 Å². The molecule has 1 aliphatic rings. The highest BCUT2D eigenvalue weighted by atomic mass is 19.2. The maximum atomic E-state index is 12.6. The molecule has 11 heavy (non-hydrogen) atoms. The second kappa shape index (κ2) is 2.29. The predicted octanol–water partition coefficient (Wildman–Crippen LogP) is 2.64. The van der Waals surface area contributed by atoms with Crippen LogP contribution in [0.4, 0.5) is 8.78 Å². The lowest BCUT2D eigenvalue weighted by Crippen LogP contribution is -1.86. The second-order valence-electron chi connectivity index (χ2n) is 2.86. The van der Waals surface area contributed by atoms with Crippen LogP contribution in [0.5, 0.6) is 0 Å². The molecule has 0 heterocycles. The molecule has 1 fully saturated rings. The van der Waals surface area contributed by atoms with Gasteiger partial charge in [-0.05, 0) is 42.5 Å². The summed E-state index contributed by atoms with van der Waals surface area (Å²) in [6.45, 7) is 0. The molecule has 1 aliphatic carbocycles. The van der Waals surface area contributed by atoms with Crippen molar-refractivity contribution in [3.63, 3.8) is 0 Å². The first-order chi connectivity index (χ1) is 5.27. The average molecular weight is 153 g/mol. The van der Waals surface area contributed by atoms with E-state index in [1.165, 1.54) is 6.07 Å². The molecule has 0 bridgehead atoms. The maximum absolute atomic E-state index is 12.6. The van der Waals surface area contributed by atoms with Crippen LogP contribution in [0.2, 0.25) is 0 Å². The van der Waals surface area contributed by atoms with E-state index in [0.29, 0.717) is 5.92 Å². The van der Waals surface area contributed by atoms with E-state index in [1.54, 1.807) is 0 Å². The fourth-order valence-corrected chi connectivity index (χ4v) is 1.09. The minimum absolute atomic E-state index is 0.435. The highest BCUT2D eigenvalue weighted by Crippen LogP contribution is 2.39. The number of hydrogen-bond donors (Lipinski definition) is 0. The second-order valence-corrected chi connectivity index (χ2v) is 2.86. The molecule has 0 saturated heterocycles. The van der Waals surface area contributed by atoms with Crippen LogP contribution in [0.25, 0.3) is 0 Å². The Bertz CT molecular complexity index is 277. The molecule has 0 aromatic heterocycles. The summed E-state index contributed by atoms with van der Waals surface area (Å²) < 4.78 is 24.9. The zero-order valence-electron chi connectivity index (χ0n) is 5.90. The van der Waals surface area contributed by atoms with Crippen LogP contribution >= 0.6 is 0 Å². The number of rotatable bonds is 1. The molecule has 1 aromatic rings. The molecule has 57 valence electrons. The number of benzene rings is 1. The van der Waals surface area contributed by atoms with Gasteiger partial charge >= 0.3 is 0 Å². The van der Waals surface area contributed by atoms with Crippen molar-refractivity contribution >= 4 is 0 Å². The third kappa shape index (κ3) is 1.25. The van der Waals surface area contributed by atoms with Gasteiger partial charge in [0.05, 0.1) is 0 Å². The summed E-state index contributed by atoms with van der Waals surface area (Å²) in [6.07, 6.45) is 2.17. The third-order valence-corrected chi connectivity index (χ3v) is 1.89. The zero-order valence-corrected chi connectivity index (χ0v) is 5.90. The number of halogens is 2. The lowest BCUT2D eigenvalue weighted by molar-refractivity contribution is 0.507.